The number of aromatic nitrogens is 2. The van der Waals surface area contributed by atoms with Crippen molar-refractivity contribution in [3.63, 3.8) is 0 Å². The summed E-state index contributed by atoms with van der Waals surface area (Å²) in [6.07, 6.45) is 7.61. The number of nitrogens with two attached hydrogens (primary N) is 1. The standard InChI is InChI=1S/C15H23N5O.2C2H6/c1-10-14(8-20(3)19-10)11-4-5-12(9-21)13(6-11)15(7-16)18-17-2;2*1-2/h4-5,8-9,13,15,17-18H,6-7,16H2,1-3H3;2*1-2H3. The normalized spacial score (nSPS) is 17.2. The fourth-order valence-corrected chi connectivity index (χ4v) is 2.87. The summed E-state index contributed by atoms with van der Waals surface area (Å²) in [4.78, 5) is 11.3. The molecule has 1 aromatic heterocycles. The molecule has 142 valence electrons. The van der Waals surface area contributed by atoms with Crippen LogP contribution < -0.4 is 16.6 Å². The highest BCUT2D eigenvalue weighted by Crippen LogP contribution is 2.33. The summed E-state index contributed by atoms with van der Waals surface area (Å²) < 4.78 is 1.81. The number of aldehydes is 1. The lowest BCUT2D eigenvalue weighted by molar-refractivity contribution is -0.105. The van der Waals surface area contributed by atoms with Crippen LogP contribution in [-0.2, 0) is 11.8 Å². The van der Waals surface area contributed by atoms with Gasteiger partial charge in [0.1, 0.15) is 6.29 Å². The van der Waals surface area contributed by atoms with Crippen molar-refractivity contribution in [1.82, 2.24) is 20.6 Å². The van der Waals surface area contributed by atoms with Crippen LogP contribution in [0.15, 0.2) is 23.9 Å². The summed E-state index contributed by atoms with van der Waals surface area (Å²) in [7, 11) is 3.72. The Hall–Kier alpha value is -1.76. The van der Waals surface area contributed by atoms with Crippen LogP contribution in [0.5, 0.6) is 0 Å². The van der Waals surface area contributed by atoms with Gasteiger partial charge in [0.2, 0.25) is 0 Å². The molecule has 0 radical (unpaired) electrons. The van der Waals surface area contributed by atoms with E-state index in [4.69, 9.17) is 5.73 Å². The highest BCUT2D eigenvalue weighted by Gasteiger charge is 2.28. The Labute approximate surface area is 152 Å². The number of hydrogen-bond donors (Lipinski definition) is 3. The van der Waals surface area contributed by atoms with Gasteiger partial charge in [0.25, 0.3) is 0 Å². The van der Waals surface area contributed by atoms with Gasteiger partial charge in [0.15, 0.2) is 0 Å². The third kappa shape index (κ3) is 6.23. The highest BCUT2D eigenvalue weighted by molar-refractivity contribution is 5.80. The number of nitrogens with one attached hydrogen (secondary N) is 2. The molecule has 2 atom stereocenters. The summed E-state index contributed by atoms with van der Waals surface area (Å²) >= 11 is 0. The van der Waals surface area contributed by atoms with Crippen molar-refractivity contribution in [2.24, 2.45) is 18.7 Å². The quantitative estimate of drug-likeness (QED) is 0.542. The van der Waals surface area contributed by atoms with Crippen molar-refractivity contribution in [2.45, 2.75) is 47.1 Å². The Balaban J connectivity index is 0.00000134. The first kappa shape index (κ1) is 23.2. The lowest BCUT2D eigenvalue weighted by Gasteiger charge is -2.30. The van der Waals surface area contributed by atoms with Gasteiger partial charge in [0, 0.05) is 37.3 Å². The molecule has 6 nitrogen and oxygen atoms in total. The molecule has 1 heterocycles. The first-order chi connectivity index (χ1) is 12.1. The molecule has 0 spiro atoms. The molecule has 2 unspecified atom stereocenters. The van der Waals surface area contributed by atoms with E-state index in [1.165, 1.54) is 5.57 Å². The molecule has 2 rings (SSSR count). The summed E-state index contributed by atoms with van der Waals surface area (Å²) in [6.45, 7) is 10.5. The molecular weight excluding hydrogens is 314 g/mol. The van der Waals surface area contributed by atoms with Crippen LogP contribution in [0.2, 0.25) is 0 Å². The minimum atomic E-state index is 0.00660. The first-order valence-corrected chi connectivity index (χ1v) is 9.09. The zero-order chi connectivity index (χ0) is 19.4. The summed E-state index contributed by atoms with van der Waals surface area (Å²) in [6, 6.07) is 0.00660. The van der Waals surface area contributed by atoms with Gasteiger partial charge in [0.05, 0.1) is 5.69 Å². The zero-order valence-electron chi connectivity index (χ0n) is 16.8. The van der Waals surface area contributed by atoms with Gasteiger partial charge < -0.3 is 5.73 Å². The number of carbonyl (C=O) groups is 1. The van der Waals surface area contributed by atoms with Crippen molar-refractivity contribution < 1.29 is 4.79 Å². The maximum absolute atomic E-state index is 11.3. The van der Waals surface area contributed by atoms with Crippen molar-refractivity contribution >= 4 is 11.9 Å². The van der Waals surface area contributed by atoms with Crippen LogP contribution in [0.4, 0.5) is 0 Å². The van der Waals surface area contributed by atoms with Crippen molar-refractivity contribution in [2.75, 3.05) is 13.6 Å². The van der Waals surface area contributed by atoms with E-state index >= 15 is 0 Å². The molecule has 6 heteroatoms. The maximum Gasteiger partial charge on any atom is 0.146 e. The lowest BCUT2D eigenvalue weighted by Crippen LogP contribution is -2.48. The fraction of sp³-hybridized carbons (Fsp3) is 0.579. The predicted molar refractivity (Wildman–Crippen MR) is 106 cm³/mol. The third-order valence-corrected chi connectivity index (χ3v) is 3.91. The van der Waals surface area contributed by atoms with E-state index in [1.54, 1.807) is 7.05 Å². The number of allylic oxidation sites excluding steroid dienone is 3. The molecule has 1 aliphatic carbocycles. The summed E-state index contributed by atoms with van der Waals surface area (Å²) in [5.41, 5.74) is 16.0. The fourth-order valence-electron chi connectivity index (χ4n) is 2.87. The second-order valence-corrected chi connectivity index (χ2v) is 5.33. The topological polar surface area (TPSA) is 85.0 Å². The van der Waals surface area contributed by atoms with E-state index in [2.05, 4.69) is 16.0 Å². The van der Waals surface area contributed by atoms with Crippen LogP contribution in [0.25, 0.3) is 5.57 Å². The molecule has 4 N–H and O–H groups in total. The van der Waals surface area contributed by atoms with Gasteiger partial charge >= 0.3 is 0 Å². The van der Waals surface area contributed by atoms with Crippen molar-refractivity contribution in [1.29, 1.82) is 0 Å². The van der Waals surface area contributed by atoms with Crippen LogP contribution in [0.1, 0.15) is 45.4 Å². The van der Waals surface area contributed by atoms with E-state index in [9.17, 15) is 4.79 Å². The Morgan fingerprint density at radius 2 is 2.00 bits per heavy atom. The molecule has 0 saturated carbocycles. The molecule has 0 bridgehead atoms. The van der Waals surface area contributed by atoms with Gasteiger partial charge in [-0.25, -0.2) is 0 Å². The van der Waals surface area contributed by atoms with Crippen LogP contribution in [0.3, 0.4) is 0 Å². The number of nitrogens with zero attached hydrogens (tertiary/aromatic N) is 2. The van der Waals surface area contributed by atoms with Gasteiger partial charge in [-0.05, 0) is 31.5 Å². The molecular formula is C19H35N5O. The Kier molecular flexibility index (Phi) is 11.7. The van der Waals surface area contributed by atoms with Crippen molar-refractivity contribution in [3.8, 4) is 0 Å². The smallest absolute Gasteiger partial charge is 0.146 e. The van der Waals surface area contributed by atoms with Crippen LogP contribution in [0, 0.1) is 12.8 Å². The van der Waals surface area contributed by atoms with E-state index in [-0.39, 0.29) is 12.0 Å². The average Bonchev–Trinajstić information content (AvgIpc) is 3.00. The van der Waals surface area contributed by atoms with E-state index in [0.29, 0.717) is 6.54 Å². The number of carbonyl (C=O) groups excluding carboxylic acids is 1. The molecule has 0 saturated heterocycles. The largest absolute Gasteiger partial charge is 0.329 e. The monoisotopic (exact) mass is 349 g/mol. The number of hydrazine groups is 1. The number of hydrogen-bond acceptors (Lipinski definition) is 5. The Morgan fingerprint density at radius 1 is 1.36 bits per heavy atom. The molecule has 0 fully saturated rings. The van der Waals surface area contributed by atoms with Gasteiger partial charge in [-0.15, -0.1) is 0 Å². The van der Waals surface area contributed by atoms with Gasteiger partial charge in [-0.1, -0.05) is 39.8 Å². The maximum atomic E-state index is 11.3. The number of aryl methyl sites for hydroxylation is 2. The second-order valence-electron chi connectivity index (χ2n) is 5.33. The molecule has 0 aromatic carbocycles. The van der Waals surface area contributed by atoms with E-state index < -0.39 is 0 Å². The Bertz CT molecular complexity index is 574. The lowest BCUT2D eigenvalue weighted by atomic mass is 9.80. The zero-order valence-corrected chi connectivity index (χ0v) is 16.8. The number of rotatable bonds is 6. The van der Waals surface area contributed by atoms with Crippen LogP contribution >= 0.6 is 0 Å². The highest BCUT2D eigenvalue weighted by atomic mass is 16.1. The van der Waals surface area contributed by atoms with Gasteiger partial charge in [-0.2, -0.15) is 5.10 Å². The molecule has 0 aliphatic heterocycles. The molecule has 1 aromatic rings. The van der Waals surface area contributed by atoms with E-state index in [1.807, 2.05) is 64.7 Å². The van der Waals surface area contributed by atoms with Gasteiger partial charge in [-0.3, -0.25) is 20.3 Å². The molecule has 1 aliphatic rings. The molecule has 25 heavy (non-hydrogen) atoms. The second kappa shape index (κ2) is 12.6. The minimum Gasteiger partial charge on any atom is -0.329 e. The SMILES string of the molecule is CC.CC.CNNC(CN)C1CC(c2cn(C)nc2C)=CC=C1C=O. The third-order valence-electron chi connectivity index (χ3n) is 3.91. The molecule has 0 amide bonds. The van der Waals surface area contributed by atoms with Crippen molar-refractivity contribution in [3.05, 3.63) is 35.2 Å². The average molecular weight is 350 g/mol. The predicted octanol–water partition coefficient (Wildman–Crippen LogP) is 2.36. The summed E-state index contributed by atoms with van der Waals surface area (Å²) in [5.74, 6) is 0.0551. The van der Waals surface area contributed by atoms with Crippen LogP contribution in [-0.4, -0.2) is 35.7 Å². The minimum absolute atomic E-state index is 0.00660. The Morgan fingerprint density at radius 3 is 2.44 bits per heavy atom. The first-order valence-electron chi connectivity index (χ1n) is 9.09. The van der Waals surface area contributed by atoms with E-state index in [0.717, 1.165) is 29.5 Å². The summed E-state index contributed by atoms with van der Waals surface area (Å²) in [5, 5.41) is 4.38.